The van der Waals surface area contributed by atoms with Crippen LogP contribution < -0.4 is 5.32 Å². The number of hydrogen-bond acceptors (Lipinski definition) is 4. The summed E-state index contributed by atoms with van der Waals surface area (Å²) in [5.41, 5.74) is 3.17. The smallest absolute Gasteiger partial charge is 0.243 e. The predicted molar refractivity (Wildman–Crippen MR) is 98.3 cm³/mol. The minimum Gasteiger partial charge on any atom is -0.361 e. The number of amides is 1. The van der Waals surface area contributed by atoms with E-state index in [1.807, 2.05) is 54.7 Å². The summed E-state index contributed by atoms with van der Waals surface area (Å²) < 4.78 is 0. The first-order chi connectivity index (χ1) is 12.8. The minimum absolute atomic E-state index is 0.0493. The lowest BCUT2D eigenvalue weighted by molar-refractivity contribution is -0.122. The van der Waals surface area contributed by atoms with E-state index in [4.69, 9.17) is 0 Å². The summed E-state index contributed by atoms with van der Waals surface area (Å²) in [6.45, 7) is 0.606. The maximum absolute atomic E-state index is 12.1. The van der Waals surface area contributed by atoms with Gasteiger partial charge in [-0.05, 0) is 23.3 Å². The maximum Gasteiger partial charge on any atom is 0.243 e. The van der Waals surface area contributed by atoms with Crippen molar-refractivity contribution in [1.29, 1.82) is 0 Å². The first-order valence-corrected chi connectivity index (χ1v) is 8.44. The molecule has 2 N–H and O–H groups in total. The molecule has 0 aliphatic heterocycles. The Kier molecular flexibility index (Phi) is 4.42. The van der Waals surface area contributed by atoms with Crippen molar-refractivity contribution in [2.75, 3.05) is 6.54 Å². The van der Waals surface area contributed by atoms with Gasteiger partial charge in [0.2, 0.25) is 11.7 Å². The molecule has 7 heteroatoms. The fraction of sp³-hybridized carbons (Fsp3) is 0.158. The van der Waals surface area contributed by atoms with E-state index in [0.29, 0.717) is 12.4 Å². The van der Waals surface area contributed by atoms with Gasteiger partial charge in [-0.3, -0.25) is 4.79 Å². The van der Waals surface area contributed by atoms with E-state index >= 15 is 0 Å². The van der Waals surface area contributed by atoms with Crippen molar-refractivity contribution in [2.24, 2.45) is 0 Å². The molecule has 0 saturated carbocycles. The summed E-state index contributed by atoms with van der Waals surface area (Å²) in [6.07, 6.45) is 2.75. The normalized spacial score (nSPS) is 10.9. The minimum atomic E-state index is -0.137. The molecule has 130 valence electrons. The van der Waals surface area contributed by atoms with Crippen LogP contribution in [0.15, 0.2) is 60.8 Å². The van der Waals surface area contributed by atoms with E-state index < -0.39 is 0 Å². The van der Waals surface area contributed by atoms with E-state index in [0.717, 1.165) is 17.5 Å². The van der Waals surface area contributed by atoms with Gasteiger partial charge in [0.1, 0.15) is 6.54 Å². The summed E-state index contributed by atoms with van der Waals surface area (Å²) in [5, 5.41) is 16.3. The second-order valence-electron chi connectivity index (χ2n) is 5.97. The molecule has 2 aromatic carbocycles. The highest BCUT2D eigenvalue weighted by molar-refractivity contribution is 5.83. The highest BCUT2D eigenvalue weighted by Gasteiger charge is 2.09. The van der Waals surface area contributed by atoms with Crippen molar-refractivity contribution >= 4 is 16.8 Å². The van der Waals surface area contributed by atoms with Crippen molar-refractivity contribution in [2.45, 2.75) is 13.0 Å². The molecule has 0 atom stereocenters. The molecule has 0 aliphatic carbocycles. The summed E-state index contributed by atoms with van der Waals surface area (Å²) >= 11 is 0. The lowest BCUT2D eigenvalue weighted by Gasteiger charge is -2.04. The van der Waals surface area contributed by atoms with E-state index in [2.05, 4.69) is 31.8 Å². The Morgan fingerprint density at radius 1 is 1.08 bits per heavy atom. The van der Waals surface area contributed by atoms with Crippen LogP contribution in [0.4, 0.5) is 0 Å². The summed E-state index contributed by atoms with van der Waals surface area (Å²) in [6, 6.07) is 17.7. The number of H-pyrrole nitrogens is 1. The average Bonchev–Trinajstić information content (AvgIpc) is 3.30. The zero-order valence-electron chi connectivity index (χ0n) is 14.1. The fourth-order valence-electron chi connectivity index (χ4n) is 2.87. The van der Waals surface area contributed by atoms with Crippen LogP contribution in [-0.2, 0) is 17.8 Å². The average molecular weight is 346 g/mol. The van der Waals surface area contributed by atoms with Gasteiger partial charge in [-0.25, -0.2) is 0 Å². The zero-order valence-corrected chi connectivity index (χ0v) is 14.1. The number of aromatic amines is 1. The molecular weight excluding hydrogens is 328 g/mol. The van der Waals surface area contributed by atoms with Crippen molar-refractivity contribution in [3.63, 3.8) is 0 Å². The zero-order chi connectivity index (χ0) is 17.8. The Labute approximate surface area is 150 Å². The second kappa shape index (κ2) is 7.18. The van der Waals surface area contributed by atoms with Gasteiger partial charge < -0.3 is 10.3 Å². The molecule has 0 unspecified atom stereocenters. The quantitative estimate of drug-likeness (QED) is 0.560. The van der Waals surface area contributed by atoms with Crippen molar-refractivity contribution in [3.05, 3.63) is 66.4 Å². The number of carbonyl (C=O) groups excluding carboxylic acids is 1. The van der Waals surface area contributed by atoms with Crippen LogP contribution in [-0.4, -0.2) is 37.6 Å². The lowest BCUT2D eigenvalue weighted by Crippen LogP contribution is -2.30. The number of fused-ring (bicyclic) bond motifs is 1. The van der Waals surface area contributed by atoms with Crippen LogP contribution >= 0.6 is 0 Å². The Morgan fingerprint density at radius 3 is 2.77 bits per heavy atom. The number of nitrogens with zero attached hydrogens (tertiary/aromatic N) is 4. The van der Waals surface area contributed by atoms with Gasteiger partial charge in [-0.1, -0.05) is 48.5 Å². The SMILES string of the molecule is O=C(Cn1nnc(-c2ccccc2)n1)NCCc1c[nH]c2ccccc12. The third-order valence-electron chi connectivity index (χ3n) is 4.16. The lowest BCUT2D eigenvalue weighted by atomic mass is 10.1. The van der Waals surface area contributed by atoms with E-state index in [1.54, 1.807) is 0 Å². The Bertz CT molecular complexity index is 1020. The van der Waals surface area contributed by atoms with Crippen LogP contribution in [0, 0.1) is 0 Å². The van der Waals surface area contributed by atoms with Crippen molar-refractivity contribution < 1.29 is 4.79 Å². The van der Waals surface area contributed by atoms with Gasteiger partial charge in [0.15, 0.2) is 0 Å². The number of hydrogen-bond donors (Lipinski definition) is 2. The van der Waals surface area contributed by atoms with Crippen LogP contribution in [0.2, 0.25) is 0 Å². The Balaban J connectivity index is 1.31. The number of nitrogens with one attached hydrogen (secondary N) is 2. The number of para-hydroxylation sites is 1. The van der Waals surface area contributed by atoms with E-state index in [-0.39, 0.29) is 12.5 Å². The van der Waals surface area contributed by atoms with Gasteiger partial charge >= 0.3 is 0 Å². The van der Waals surface area contributed by atoms with Gasteiger partial charge in [-0.15, -0.1) is 10.2 Å². The molecule has 4 rings (SSSR count). The molecule has 2 aromatic heterocycles. The number of carbonyl (C=O) groups is 1. The third kappa shape index (κ3) is 3.46. The standard InChI is InChI=1S/C19H18N6O/c26-18(13-25-23-19(22-24-25)14-6-2-1-3-7-14)20-11-10-15-12-21-17-9-5-4-8-16(15)17/h1-9,12,21H,10-11,13H2,(H,20,26). The summed E-state index contributed by atoms with van der Waals surface area (Å²) in [7, 11) is 0. The van der Waals surface area contributed by atoms with Gasteiger partial charge in [0, 0.05) is 29.2 Å². The molecule has 26 heavy (non-hydrogen) atoms. The second-order valence-corrected chi connectivity index (χ2v) is 5.97. The van der Waals surface area contributed by atoms with Crippen molar-refractivity contribution in [1.82, 2.24) is 30.5 Å². The highest BCUT2D eigenvalue weighted by atomic mass is 16.2. The Morgan fingerprint density at radius 2 is 1.88 bits per heavy atom. The first kappa shape index (κ1) is 16.0. The number of rotatable bonds is 6. The molecule has 0 spiro atoms. The summed E-state index contributed by atoms with van der Waals surface area (Å²) in [5.74, 6) is 0.374. The van der Waals surface area contributed by atoms with E-state index in [9.17, 15) is 4.79 Å². The predicted octanol–water partition coefficient (Wildman–Crippen LogP) is 2.18. The molecule has 0 radical (unpaired) electrons. The fourth-order valence-corrected chi connectivity index (χ4v) is 2.87. The topological polar surface area (TPSA) is 88.5 Å². The molecule has 0 saturated heterocycles. The summed E-state index contributed by atoms with van der Waals surface area (Å²) in [4.78, 5) is 16.7. The monoisotopic (exact) mass is 346 g/mol. The molecule has 0 aliphatic rings. The van der Waals surface area contributed by atoms with Crippen molar-refractivity contribution in [3.8, 4) is 11.4 Å². The molecule has 7 nitrogen and oxygen atoms in total. The molecule has 0 bridgehead atoms. The first-order valence-electron chi connectivity index (χ1n) is 8.44. The van der Waals surface area contributed by atoms with Gasteiger partial charge in [0.05, 0.1) is 0 Å². The molecule has 0 fully saturated rings. The highest BCUT2D eigenvalue weighted by Crippen LogP contribution is 2.17. The molecular formula is C19H18N6O. The maximum atomic E-state index is 12.1. The van der Waals surface area contributed by atoms with Gasteiger partial charge in [0.25, 0.3) is 0 Å². The number of benzene rings is 2. The molecule has 1 amide bonds. The van der Waals surface area contributed by atoms with E-state index in [1.165, 1.54) is 15.7 Å². The number of aromatic nitrogens is 5. The molecule has 4 aromatic rings. The number of tetrazole rings is 1. The van der Waals surface area contributed by atoms with Crippen LogP contribution in [0.3, 0.4) is 0 Å². The van der Waals surface area contributed by atoms with Crippen LogP contribution in [0.5, 0.6) is 0 Å². The van der Waals surface area contributed by atoms with Gasteiger partial charge in [-0.2, -0.15) is 4.80 Å². The Hall–Kier alpha value is -3.48. The molecule has 2 heterocycles. The van der Waals surface area contributed by atoms with Crippen LogP contribution in [0.25, 0.3) is 22.3 Å². The third-order valence-corrected chi connectivity index (χ3v) is 4.16. The largest absolute Gasteiger partial charge is 0.361 e. The van der Waals surface area contributed by atoms with Crippen LogP contribution in [0.1, 0.15) is 5.56 Å².